The fraction of sp³-hybridized carbons (Fsp3) is 0.316. The third-order valence-electron chi connectivity index (χ3n) is 7.63. The lowest BCUT2D eigenvalue weighted by molar-refractivity contribution is -0.143. The molecule has 0 aliphatic carbocycles. The van der Waals surface area contributed by atoms with E-state index >= 15 is 0 Å². The standard InChI is InChI=1S/C38H43NO5/c1-2-43-37(40)15-9-10-26-39(27-32-22-24-35(25-23-32)38(41)42)28-36(34-13-7-4-8-14-34)44-29-33-20-18-31(19-21-33)17-16-30-11-5-3-6-12-30/h3-8,11-14,18-25,36H,2,9-10,15-17,26-29H2,1H3,(H,41,42). The molecule has 6 nitrogen and oxygen atoms in total. The molecule has 0 radical (unpaired) electrons. The average molecular weight is 594 g/mol. The Morgan fingerprint density at radius 3 is 1.95 bits per heavy atom. The van der Waals surface area contributed by atoms with Gasteiger partial charge in [-0.15, -0.1) is 0 Å². The molecule has 0 aromatic heterocycles. The first-order chi connectivity index (χ1) is 21.5. The number of rotatable bonds is 18. The molecule has 0 aliphatic heterocycles. The van der Waals surface area contributed by atoms with Crippen molar-refractivity contribution in [2.24, 2.45) is 0 Å². The maximum Gasteiger partial charge on any atom is 0.335 e. The number of aryl methyl sites for hydroxylation is 2. The van der Waals surface area contributed by atoms with Crippen molar-refractivity contribution in [2.45, 2.75) is 58.3 Å². The highest BCUT2D eigenvalue weighted by atomic mass is 16.5. The van der Waals surface area contributed by atoms with Crippen LogP contribution in [0.4, 0.5) is 0 Å². The lowest BCUT2D eigenvalue weighted by atomic mass is 10.0. The second kappa shape index (κ2) is 17.8. The fourth-order valence-corrected chi connectivity index (χ4v) is 5.17. The number of carboxylic acid groups (broad SMARTS) is 1. The number of carbonyl (C=O) groups is 2. The molecule has 44 heavy (non-hydrogen) atoms. The van der Waals surface area contributed by atoms with Crippen LogP contribution in [0.3, 0.4) is 0 Å². The molecular formula is C38H43NO5. The van der Waals surface area contributed by atoms with Crippen molar-refractivity contribution in [3.8, 4) is 0 Å². The van der Waals surface area contributed by atoms with Gasteiger partial charge in [0, 0.05) is 19.5 Å². The average Bonchev–Trinajstić information content (AvgIpc) is 3.05. The van der Waals surface area contributed by atoms with Gasteiger partial charge < -0.3 is 14.6 Å². The van der Waals surface area contributed by atoms with Gasteiger partial charge in [0.25, 0.3) is 0 Å². The zero-order valence-corrected chi connectivity index (χ0v) is 25.6. The number of carboxylic acids is 1. The van der Waals surface area contributed by atoms with Crippen molar-refractivity contribution < 1.29 is 24.2 Å². The van der Waals surface area contributed by atoms with Crippen LogP contribution in [-0.4, -0.2) is 41.6 Å². The van der Waals surface area contributed by atoms with Crippen molar-refractivity contribution >= 4 is 11.9 Å². The molecule has 0 fully saturated rings. The van der Waals surface area contributed by atoms with E-state index in [0.717, 1.165) is 48.9 Å². The zero-order valence-electron chi connectivity index (χ0n) is 25.6. The minimum absolute atomic E-state index is 0.167. The summed E-state index contributed by atoms with van der Waals surface area (Å²) in [7, 11) is 0. The number of nitrogens with zero attached hydrogens (tertiary/aromatic N) is 1. The monoisotopic (exact) mass is 593 g/mol. The highest BCUT2D eigenvalue weighted by molar-refractivity contribution is 5.87. The van der Waals surface area contributed by atoms with E-state index in [-0.39, 0.29) is 17.6 Å². The number of benzene rings is 4. The molecule has 230 valence electrons. The number of carbonyl (C=O) groups excluding carboxylic acids is 1. The van der Waals surface area contributed by atoms with E-state index in [0.29, 0.717) is 32.7 Å². The van der Waals surface area contributed by atoms with Crippen LogP contribution in [0.1, 0.15) is 70.5 Å². The number of aromatic carboxylic acids is 1. The van der Waals surface area contributed by atoms with Crippen LogP contribution in [0.15, 0.2) is 109 Å². The second-order valence-corrected chi connectivity index (χ2v) is 11.0. The first-order valence-electron chi connectivity index (χ1n) is 15.5. The molecule has 1 atom stereocenters. The van der Waals surface area contributed by atoms with Gasteiger partial charge in [-0.1, -0.05) is 97.1 Å². The first-order valence-corrected chi connectivity index (χ1v) is 15.5. The second-order valence-electron chi connectivity index (χ2n) is 11.0. The SMILES string of the molecule is CCOC(=O)CCCCN(Cc1ccc(C(=O)O)cc1)CC(OCc1ccc(CCc2ccccc2)cc1)c1ccccc1. The molecule has 1 N–H and O–H groups in total. The summed E-state index contributed by atoms with van der Waals surface area (Å²) in [5.74, 6) is -1.10. The molecule has 4 aromatic rings. The normalized spacial score (nSPS) is 11.8. The summed E-state index contributed by atoms with van der Waals surface area (Å²) in [6, 6.07) is 36.5. The minimum Gasteiger partial charge on any atom is -0.478 e. The van der Waals surface area contributed by atoms with E-state index in [4.69, 9.17) is 9.47 Å². The van der Waals surface area contributed by atoms with Crippen LogP contribution in [0.2, 0.25) is 0 Å². The van der Waals surface area contributed by atoms with E-state index in [2.05, 4.69) is 65.6 Å². The summed E-state index contributed by atoms with van der Waals surface area (Å²) in [5.41, 5.74) is 6.17. The Bertz CT molecular complexity index is 1410. The lowest BCUT2D eigenvalue weighted by Crippen LogP contribution is -2.30. The molecule has 0 saturated heterocycles. The number of ether oxygens (including phenoxy) is 2. The fourth-order valence-electron chi connectivity index (χ4n) is 5.17. The predicted octanol–water partition coefficient (Wildman–Crippen LogP) is 7.66. The predicted molar refractivity (Wildman–Crippen MR) is 173 cm³/mol. The van der Waals surface area contributed by atoms with Crippen LogP contribution in [0, 0.1) is 0 Å². The topological polar surface area (TPSA) is 76.1 Å². The van der Waals surface area contributed by atoms with Crippen molar-refractivity contribution in [1.29, 1.82) is 0 Å². The number of hydrogen-bond acceptors (Lipinski definition) is 5. The third kappa shape index (κ3) is 11.1. The summed E-state index contributed by atoms with van der Waals surface area (Å²) in [5, 5.41) is 9.31. The maximum absolute atomic E-state index is 11.9. The molecule has 0 saturated carbocycles. The Morgan fingerprint density at radius 2 is 1.32 bits per heavy atom. The Hall–Kier alpha value is -4.26. The maximum atomic E-state index is 11.9. The van der Waals surface area contributed by atoms with Gasteiger partial charge in [-0.2, -0.15) is 0 Å². The summed E-state index contributed by atoms with van der Waals surface area (Å²) in [6.07, 6.45) is 3.81. The third-order valence-corrected chi connectivity index (χ3v) is 7.63. The van der Waals surface area contributed by atoms with Crippen LogP contribution in [0.25, 0.3) is 0 Å². The Kier molecular flexibility index (Phi) is 13.2. The van der Waals surface area contributed by atoms with Gasteiger partial charge in [0.15, 0.2) is 0 Å². The molecular weight excluding hydrogens is 550 g/mol. The number of unbranched alkanes of at least 4 members (excludes halogenated alkanes) is 1. The van der Waals surface area contributed by atoms with E-state index < -0.39 is 5.97 Å². The zero-order chi connectivity index (χ0) is 31.0. The van der Waals surface area contributed by atoms with Crippen LogP contribution < -0.4 is 0 Å². The highest BCUT2D eigenvalue weighted by Gasteiger charge is 2.18. The van der Waals surface area contributed by atoms with Gasteiger partial charge in [-0.05, 0) is 79.1 Å². The molecule has 1 unspecified atom stereocenters. The molecule has 0 bridgehead atoms. The summed E-state index contributed by atoms with van der Waals surface area (Å²) in [6.45, 7) is 4.76. The molecule has 0 heterocycles. The van der Waals surface area contributed by atoms with Crippen LogP contribution in [0.5, 0.6) is 0 Å². The molecule has 6 heteroatoms. The van der Waals surface area contributed by atoms with Gasteiger partial charge in [0.1, 0.15) is 0 Å². The highest BCUT2D eigenvalue weighted by Crippen LogP contribution is 2.23. The molecule has 0 amide bonds. The molecule has 4 rings (SSSR count). The first kappa shape index (κ1) is 32.6. The molecule has 0 aliphatic rings. The van der Waals surface area contributed by atoms with Crippen molar-refractivity contribution in [3.05, 3.63) is 143 Å². The van der Waals surface area contributed by atoms with Gasteiger partial charge in [0.05, 0.1) is 24.9 Å². The van der Waals surface area contributed by atoms with Gasteiger partial charge in [-0.3, -0.25) is 9.69 Å². The van der Waals surface area contributed by atoms with Gasteiger partial charge >= 0.3 is 11.9 Å². The van der Waals surface area contributed by atoms with E-state index in [1.807, 2.05) is 43.3 Å². The van der Waals surface area contributed by atoms with Gasteiger partial charge in [-0.25, -0.2) is 4.79 Å². The largest absolute Gasteiger partial charge is 0.478 e. The number of hydrogen-bond donors (Lipinski definition) is 1. The summed E-state index contributed by atoms with van der Waals surface area (Å²) >= 11 is 0. The van der Waals surface area contributed by atoms with Crippen molar-refractivity contribution in [2.75, 3.05) is 19.7 Å². The van der Waals surface area contributed by atoms with E-state index in [9.17, 15) is 14.7 Å². The van der Waals surface area contributed by atoms with Crippen molar-refractivity contribution in [3.63, 3.8) is 0 Å². The van der Waals surface area contributed by atoms with E-state index in [1.165, 1.54) is 11.1 Å². The molecule has 0 spiro atoms. The minimum atomic E-state index is -0.936. The van der Waals surface area contributed by atoms with Crippen molar-refractivity contribution in [1.82, 2.24) is 4.90 Å². The summed E-state index contributed by atoms with van der Waals surface area (Å²) < 4.78 is 11.7. The van der Waals surface area contributed by atoms with Gasteiger partial charge in [0.2, 0.25) is 0 Å². The Labute approximate surface area is 261 Å². The molecule has 4 aromatic carbocycles. The van der Waals surface area contributed by atoms with E-state index in [1.54, 1.807) is 12.1 Å². The van der Waals surface area contributed by atoms with Crippen LogP contribution in [-0.2, 0) is 40.3 Å². The lowest BCUT2D eigenvalue weighted by Gasteiger charge is -2.28. The number of esters is 1. The Morgan fingerprint density at radius 1 is 0.727 bits per heavy atom. The quantitative estimate of drug-likeness (QED) is 0.0943. The smallest absolute Gasteiger partial charge is 0.335 e. The Balaban J connectivity index is 1.41. The van der Waals surface area contributed by atoms with Crippen LogP contribution >= 0.6 is 0 Å². The summed E-state index contributed by atoms with van der Waals surface area (Å²) in [4.78, 5) is 25.5.